The number of carbonyl (C=O) groups excluding carboxylic acids is 2. The van der Waals surface area contributed by atoms with Crippen LogP contribution in [-0.4, -0.2) is 22.3 Å². The van der Waals surface area contributed by atoms with E-state index in [1.807, 2.05) is 0 Å². The average molecular weight is 283 g/mol. The number of pyridine rings is 1. The van der Waals surface area contributed by atoms with Crippen molar-refractivity contribution in [2.24, 2.45) is 5.73 Å². The molecule has 0 bridgehead atoms. The normalized spacial score (nSPS) is 10.7. The largest absolute Gasteiger partial charge is 0.386 e. The van der Waals surface area contributed by atoms with Gasteiger partial charge in [0, 0.05) is 11.2 Å². The number of aromatic nitrogens is 1. The van der Waals surface area contributed by atoms with Gasteiger partial charge in [-0.2, -0.15) is 0 Å². The second kappa shape index (κ2) is 5.71. The van der Waals surface area contributed by atoms with E-state index in [0.717, 1.165) is 0 Å². The Labute approximate surface area is 116 Å². The van der Waals surface area contributed by atoms with E-state index in [1.54, 1.807) is 6.07 Å². The van der Waals surface area contributed by atoms with E-state index in [-0.39, 0.29) is 11.5 Å². The van der Waals surface area contributed by atoms with Crippen LogP contribution in [0.5, 0.6) is 0 Å². The molecule has 0 atom stereocenters. The first kappa shape index (κ1) is 15.0. The van der Waals surface area contributed by atoms with Crippen molar-refractivity contribution in [1.29, 1.82) is 0 Å². The number of carbonyl (C=O) groups is 2. The maximum absolute atomic E-state index is 11.9. The van der Waals surface area contributed by atoms with E-state index in [1.165, 1.54) is 26.1 Å². The second-order valence-corrected chi connectivity index (χ2v) is 4.85. The first-order valence-corrected chi connectivity index (χ1v) is 5.80. The summed E-state index contributed by atoms with van der Waals surface area (Å²) in [5, 5.41) is 5.26. The number of nitrogens with zero attached hydrogens (tertiary/aromatic N) is 1. The summed E-state index contributed by atoms with van der Waals surface area (Å²) in [4.78, 5) is 27.6. The molecule has 1 aromatic rings. The highest BCUT2D eigenvalue weighted by atomic mass is 35.5. The molecule has 0 unspecified atom stereocenters. The van der Waals surface area contributed by atoms with Crippen LogP contribution in [-0.2, 0) is 4.79 Å². The van der Waals surface area contributed by atoms with Crippen molar-refractivity contribution in [3.05, 3.63) is 41.4 Å². The van der Waals surface area contributed by atoms with Gasteiger partial charge in [0.1, 0.15) is 11.2 Å². The van der Waals surface area contributed by atoms with Crippen LogP contribution in [0.15, 0.2) is 30.7 Å². The summed E-state index contributed by atoms with van der Waals surface area (Å²) in [6.07, 6.45) is 1.41. The van der Waals surface area contributed by atoms with E-state index in [2.05, 4.69) is 22.2 Å². The van der Waals surface area contributed by atoms with E-state index >= 15 is 0 Å². The Kier molecular flexibility index (Phi) is 4.50. The molecular formula is C12H15ClN4O2. The molecule has 7 heteroatoms. The highest BCUT2D eigenvalue weighted by Gasteiger charge is 2.30. The van der Waals surface area contributed by atoms with E-state index < -0.39 is 17.4 Å². The predicted octanol–water partition coefficient (Wildman–Crippen LogP) is 0.789. The minimum absolute atomic E-state index is 0.00760. The fraction of sp³-hybridized carbons (Fsp3) is 0.250. The Morgan fingerprint density at radius 3 is 2.63 bits per heavy atom. The second-order valence-electron chi connectivity index (χ2n) is 4.42. The lowest BCUT2D eigenvalue weighted by molar-refractivity contribution is -0.125. The highest BCUT2D eigenvalue weighted by molar-refractivity contribution is 6.30. The molecule has 0 fully saturated rings. The molecule has 1 aromatic heterocycles. The van der Waals surface area contributed by atoms with Gasteiger partial charge < -0.3 is 16.4 Å². The lowest BCUT2D eigenvalue weighted by Crippen LogP contribution is -2.55. The summed E-state index contributed by atoms with van der Waals surface area (Å²) in [5.41, 5.74) is 4.24. The zero-order chi connectivity index (χ0) is 14.6. The van der Waals surface area contributed by atoms with Crippen molar-refractivity contribution in [3.8, 4) is 0 Å². The predicted molar refractivity (Wildman–Crippen MR) is 72.3 cm³/mol. The zero-order valence-corrected chi connectivity index (χ0v) is 11.4. The Morgan fingerprint density at radius 1 is 1.47 bits per heavy atom. The molecule has 0 aliphatic heterocycles. The number of rotatable bonds is 4. The standard InChI is InChI=1S/C12H15ClN4O2/c1-7(14)16-11(19)12(2,3)17-10(18)9-6-8(13)4-5-15-9/h4-6H,1,14H2,2-3H3,(H,16,19)(H,17,18). The molecule has 0 saturated heterocycles. The Morgan fingerprint density at radius 2 is 2.11 bits per heavy atom. The third-order valence-electron chi connectivity index (χ3n) is 2.22. The Hall–Kier alpha value is -2.08. The maximum atomic E-state index is 11.9. The van der Waals surface area contributed by atoms with Gasteiger partial charge in [0.05, 0.1) is 5.82 Å². The van der Waals surface area contributed by atoms with Gasteiger partial charge in [-0.3, -0.25) is 14.6 Å². The summed E-state index contributed by atoms with van der Waals surface area (Å²) >= 11 is 5.76. The van der Waals surface area contributed by atoms with Crippen molar-refractivity contribution in [1.82, 2.24) is 15.6 Å². The van der Waals surface area contributed by atoms with Crippen molar-refractivity contribution in [2.45, 2.75) is 19.4 Å². The number of hydrogen-bond donors (Lipinski definition) is 3. The lowest BCUT2D eigenvalue weighted by Gasteiger charge is -2.24. The summed E-state index contributed by atoms with van der Waals surface area (Å²) < 4.78 is 0. The molecular weight excluding hydrogens is 268 g/mol. The average Bonchev–Trinajstić information content (AvgIpc) is 2.27. The monoisotopic (exact) mass is 282 g/mol. The van der Waals surface area contributed by atoms with E-state index in [9.17, 15) is 9.59 Å². The quantitative estimate of drug-likeness (QED) is 0.760. The first-order chi connectivity index (χ1) is 8.72. The fourth-order valence-electron chi connectivity index (χ4n) is 1.24. The molecule has 1 rings (SSSR count). The molecule has 4 N–H and O–H groups in total. The fourth-order valence-corrected chi connectivity index (χ4v) is 1.40. The van der Waals surface area contributed by atoms with Gasteiger partial charge in [0.25, 0.3) is 11.8 Å². The van der Waals surface area contributed by atoms with Crippen LogP contribution in [0.1, 0.15) is 24.3 Å². The molecule has 6 nitrogen and oxygen atoms in total. The van der Waals surface area contributed by atoms with Crippen LogP contribution < -0.4 is 16.4 Å². The molecule has 19 heavy (non-hydrogen) atoms. The van der Waals surface area contributed by atoms with Crippen LogP contribution in [0.25, 0.3) is 0 Å². The van der Waals surface area contributed by atoms with Gasteiger partial charge in [-0.1, -0.05) is 18.2 Å². The smallest absolute Gasteiger partial charge is 0.270 e. The lowest BCUT2D eigenvalue weighted by atomic mass is 10.0. The maximum Gasteiger partial charge on any atom is 0.270 e. The van der Waals surface area contributed by atoms with Crippen LogP contribution in [0.3, 0.4) is 0 Å². The van der Waals surface area contributed by atoms with Crippen molar-refractivity contribution < 1.29 is 9.59 Å². The number of halogens is 1. The number of hydrogen-bond acceptors (Lipinski definition) is 4. The summed E-state index contributed by atoms with van der Waals surface area (Å²) in [6.45, 7) is 6.43. The molecule has 0 spiro atoms. The molecule has 0 aromatic carbocycles. The van der Waals surface area contributed by atoms with E-state index in [4.69, 9.17) is 17.3 Å². The minimum Gasteiger partial charge on any atom is -0.386 e. The van der Waals surface area contributed by atoms with Crippen LogP contribution in [0, 0.1) is 0 Å². The minimum atomic E-state index is -1.16. The van der Waals surface area contributed by atoms with Crippen molar-refractivity contribution in [2.75, 3.05) is 0 Å². The molecule has 102 valence electrons. The molecule has 0 aliphatic carbocycles. The van der Waals surface area contributed by atoms with Crippen molar-refractivity contribution >= 4 is 23.4 Å². The first-order valence-electron chi connectivity index (χ1n) is 5.42. The molecule has 2 amide bonds. The third kappa shape index (κ3) is 4.26. The Bertz CT molecular complexity index is 528. The summed E-state index contributed by atoms with van der Waals surface area (Å²) in [5.74, 6) is -0.978. The number of nitrogens with two attached hydrogens (primary N) is 1. The van der Waals surface area contributed by atoms with Gasteiger partial charge in [-0.25, -0.2) is 0 Å². The molecule has 0 aliphatic rings. The highest BCUT2D eigenvalue weighted by Crippen LogP contribution is 2.10. The van der Waals surface area contributed by atoms with E-state index in [0.29, 0.717) is 5.02 Å². The molecule has 0 radical (unpaired) electrons. The third-order valence-corrected chi connectivity index (χ3v) is 2.46. The van der Waals surface area contributed by atoms with Gasteiger partial charge in [-0.05, 0) is 26.0 Å². The van der Waals surface area contributed by atoms with Gasteiger partial charge in [-0.15, -0.1) is 0 Å². The van der Waals surface area contributed by atoms with Crippen LogP contribution >= 0.6 is 11.6 Å². The van der Waals surface area contributed by atoms with Crippen molar-refractivity contribution in [3.63, 3.8) is 0 Å². The Balaban J connectivity index is 2.80. The summed E-state index contributed by atoms with van der Waals surface area (Å²) in [6, 6.07) is 2.96. The number of nitrogens with one attached hydrogen (secondary N) is 2. The summed E-state index contributed by atoms with van der Waals surface area (Å²) in [7, 11) is 0. The van der Waals surface area contributed by atoms with Gasteiger partial charge in [0.15, 0.2) is 0 Å². The molecule has 0 saturated carbocycles. The zero-order valence-electron chi connectivity index (χ0n) is 10.7. The SMILES string of the molecule is C=C(N)NC(=O)C(C)(C)NC(=O)c1cc(Cl)ccn1. The van der Waals surface area contributed by atoms with Gasteiger partial charge in [0.2, 0.25) is 0 Å². The van der Waals surface area contributed by atoms with Crippen LogP contribution in [0.2, 0.25) is 5.02 Å². The molecule has 1 heterocycles. The van der Waals surface area contributed by atoms with Gasteiger partial charge >= 0.3 is 0 Å². The van der Waals surface area contributed by atoms with Crippen LogP contribution in [0.4, 0.5) is 0 Å². The number of amides is 2. The topological polar surface area (TPSA) is 97.1 Å².